The van der Waals surface area contributed by atoms with Crippen LogP contribution in [0.1, 0.15) is 35.4 Å². The number of nitrogens with two attached hydrogens (primary N) is 1. The van der Waals surface area contributed by atoms with E-state index in [1.807, 2.05) is 0 Å². The van der Waals surface area contributed by atoms with Gasteiger partial charge in [-0.05, 0) is 36.1 Å². The second-order valence-electron chi connectivity index (χ2n) is 4.90. The predicted octanol–water partition coefficient (Wildman–Crippen LogP) is 3.84. The molecule has 0 saturated heterocycles. The lowest BCUT2D eigenvalue weighted by Crippen LogP contribution is -2.19. The van der Waals surface area contributed by atoms with E-state index in [9.17, 15) is 0 Å². The summed E-state index contributed by atoms with van der Waals surface area (Å²) in [6.07, 6.45) is 0. The number of rotatable bonds is 4. The molecule has 2 rings (SSSR count). The van der Waals surface area contributed by atoms with Gasteiger partial charge in [-0.3, -0.25) is 0 Å². The Kier molecular flexibility index (Phi) is 4.16. The van der Waals surface area contributed by atoms with Crippen LogP contribution in [-0.2, 0) is 0 Å². The van der Waals surface area contributed by atoms with Gasteiger partial charge in [0, 0.05) is 5.92 Å². The van der Waals surface area contributed by atoms with E-state index in [4.69, 9.17) is 5.73 Å². The van der Waals surface area contributed by atoms with Crippen LogP contribution in [0, 0.1) is 6.92 Å². The molecule has 2 atom stereocenters. The smallest absolute Gasteiger partial charge is 0.00299 e. The fourth-order valence-electron chi connectivity index (χ4n) is 2.59. The summed E-state index contributed by atoms with van der Waals surface area (Å²) < 4.78 is 0. The Bertz CT molecular complexity index is 490. The summed E-state index contributed by atoms with van der Waals surface area (Å²) in [6.45, 7) is 5.11. The van der Waals surface area contributed by atoms with E-state index in [0.717, 1.165) is 0 Å². The van der Waals surface area contributed by atoms with E-state index in [-0.39, 0.29) is 0 Å². The molecule has 0 amide bonds. The van der Waals surface area contributed by atoms with E-state index in [0.29, 0.717) is 18.4 Å². The van der Waals surface area contributed by atoms with E-state index in [1.165, 1.54) is 16.7 Å². The average molecular weight is 239 g/mol. The number of hydrogen-bond donors (Lipinski definition) is 1. The maximum atomic E-state index is 6.01. The van der Waals surface area contributed by atoms with Gasteiger partial charge in [0.2, 0.25) is 0 Å². The first-order valence-corrected chi connectivity index (χ1v) is 6.54. The van der Waals surface area contributed by atoms with Gasteiger partial charge >= 0.3 is 0 Å². The Hall–Kier alpha value is -1.60. The predicted molar refractivity (Wildman–Crippen MR) is 77.8 cm³/mol. The molecule has 2 N–H and O–H groups in total. The van der Waals surface area contributed by atoms with Crippen molar-refractivity contribution in [1.82, 2.24) is 0 Å². The van der Waals surface area contributed by atoms with Crippen LogP contribution in [0.15, 0.2) is 54.6 Å². The first-order chi connectivity index (χ1) is 8.74. The van der Waals surface area contributed by atoms with Crippen LogP contribution in [0.4, 0.5) is 0 Å². The highest BCUT2D eigenvalue weighted by atomic mass is 14.6. The molecule has 0 spiro atoms. The summed E-state index contributed by atoms with van der Waals surface area (Å²) in [5.74, 6) is 0.825. The number of aryl methyl sites for hydroxylation is 1. The molecule has 1 nitrogen and oxygen atoms in total. The van der Waals surface area contributed by atoms with Gasteiger partial charge in [0.1, 0.15) is 0 Å². The van der Waals surface area contributed by atoms with Gasteiger partial charge in [-0.15, -0.1) is 0 Å². The topological polar surface area (TPSA) is 26.0 Å². The molecule has 0 fully saturated rings. The monoisotopic (exact) mass is 239 g/mol. The van der Waals surface area contributed by atoms with Crippen molar-refractivity contribution < 1.29 is 0 Å². The first-order valence-electron chi connectivity index (χ1n) is 6.54. The summed E-state index contributed by atoms with van der Waals surface area (Å²) in [4.78, 5) is 0. The highest BCUT2D eigenvalue weighted by molar-refractivity contribution is 5.33. The molecule has 0 radical (unpaired) electrons. The van der Waals surface area contributed by atoms with Crippen molar-refractivity contribution in [3.8, 4) is 0 Å². The van der Waals surface area contributed by atoms with Gasteiger partial charge < -0.3 is 5.73 Å². The second-order valence-corrected chi connectivity index (χ2v) is 4.90. The third-order valence-corrected chi connectivity index (χ3v) is 3.77. The third kappa shape index (κ3) is 2.62. The van der Waals surface area contributed by atoms with Crippen LogP contribution in [-0.4, -0.2) is 6.54 Å². The van der Waals surface area contributed by atoms with Gasteiger partial charge in [-0.2, -0.15) is 0 Å². The Balaban J connectivity index is 2.32. The maximum Gasteiger partial charge on any atom is 0.00299 e. The molecular weight excluding hydrogens is 218 g/mol. The molecule has 2 aromatic carbocycles. The lowest BCUT2D eigenvalue weighted by atomic mass is 9.81. The highest BCUT2D eigenvalue weighted by Crippen LogP contribution is 2.33. The molecule has 0 aliphatic carbocycles. The summed E-state index contributed by atoms with van der Waals surface area (Å²) in [6, 6.07) is 19.2. The second kappa shape index (κ2) is 5.83. The molecule has 0 heterocycles. The van der Waals surface area contributed by atoms with E-state index >= 15 is 0 Å². The summed E-state index contributed by atoms with van der Waals surface area (Å²) >= 11 is 0. The van der Waals surface area contributed by atoms with Gasteiger partial charge in [-0.1, -0.05) is 61.5 Å². The molecule has 0 saturated carbocycles. The third-order valence-electron chi connectivity index (χ3n) is 3.77. The van der Waals surface area contributed by atoms with Crippen LogP contribution in [0.25, 0.3) is 0 Å². The van der Waals surface area contributed by atoms with Crippen LogP contribution in [0.5, 0.6) is 0 Å². The summed E-state index contributed by atoms with van der Waals surface area (Å²) in [5, 5.41) is 0. The van der Waals surface area contributed by atoms with Gasteiger partial charge in [0.05, 0.1) is 0 Å². The van der Waals surface area contributed by atoms with Crippen LogP contribution in [0.2, 0.25) is 0 Å². The lowest BCUT2D eigenvalue weighted by Gasteiger charge is -2.25. The van der Waals surface area contributed by atoms with Gasteiger partial charge in [0.15, 0.2) is 0 Å². The minimum absolute atomic E-state index is 0.383. The van der Waals surface area contributed by atoms with Crippen molar-refractivity contribution in [2.24, 2.45) is 5.73 Å². The molecule has 18 heavy (non-hydrogen) atoms. The molecule has 94 valence electrons. The van der Waals surface area contributed by atoms with Crippen molar-refractivity contribution in [3.63, 3.8) is 0 Å². The molecule has 0 aliphatic rings. The van der Waals surface area contributed by atoms with Crippen molar-refractivity contribution in [2.45, 2.75) is 25.7 Å². The minimum atomic E-state index is 0.383. The standard InChI is InChI=1S/C17H21N/c1-13-8-6-7-11-16(13)17(12-18)14(2)15-9-4-3-5-10-15/h3-11,14,17H,12,18H2,1-2H3. The van der Waals surface area contributed by atoms with Gasteiger partial charge in [-0.25, -0.2) is 0 Å². The molecule has 2 aromatic rings. The van der Waals surface area contributed by atoms with Crippen molar-refractivity contribution in [1.29, 1.82) is 0 Å². The molecule has 0 aliphatic heterocycles. The van der Waals surface area contributed by atoms with Crippen LogP contribution in [0.3, 0.4) is 0 Å². The van der Waals surface area contributed by atoms with Gasteiger partial charge in [0.25, 0.3) is 0 Å². The zero-order chi connectivity index (χ0) is 13.0. The molecule has 1 heteroatoms. The van der Waals surface area contributed by atoms with Crippen molar-refractivity contribution >= 4 is 0 Å². The number of hydrogen-bond acceptors (Lipinski definition) is 1. The average Bonchev–Trinajstić information content (AvgIpc) is 2.42. The molecular formula is C17H21N. The normalized spacial score (nSPS) is 14.2. The fraction of sp³-hybridized carbons (Fsp3) is 0.294. The van der Waals surface area contributed by atoms with E-state index < -0.39 is 0 Å². The summed E-state index contributed by atoms with van der Waals surface area (Å²) in [5.41, 5.74) is 10.1. The SMILES string of the molecule is Cc1ccccc1C(CN)C(C)c1ccccc1. The quantitative estimate of drug-likeness (QED) is 0.862. The molecule has 2 unspecified atom stereocenters. The lowest BCUT2D eigenvalue weighted by molar-refractivity contribution is 0.582. The Morgan fingerprint density at radius 2 is 1.56 bits per heavy atom. The zero-order valence-corrected chi connectivity index (χ0v) is 11.1. The maximum absolute atomic E-state index is 6.01. The zero-order valence-electron chi connectivity index (χ0n) is 11.1. The Morgan fingerprint density at radius 3 is 2.17 bits per heavy atom. The van der Waals surface area contributed by atoms with E-state index in [2.05, 4.69) is 68.4 Å². The summed E-state index contributed by atoms with van der Waals surface area (Å²) in [7, 11) is 0. The number of benzene rings is 2. The molecule has 0 aromatic heterocycles. The highest BCUT2D eigenvalue weighted by Gasteiger charge is 2.20. The van der Waals surface area contributed by atoms with Crippen LogP contribution >= 0.6 is 0 Å². The van der Waals surface area contributed by atoms with Crippen LogP contribution < -0.4 is 5.73 Å². The minimum Gasteiger partial charge on any atom is -0.330 e. The molecule has 0 bridgehead atoms. The van der Waals surface area contributed by atoms with Crippen molar-refractivity contribution in [2.75, 3.05) is 6.54 Å². The Morgan fingerprint density at radius 1 is 0.944 bits per heavy atom. The first kappa shape index (κ1) is 12.8. The van der Waals surface area contributed by atoms with Crippen molar-refractivity contribution in [3.05, 3.63) is 71.3 Å². The largest absolute Gasteiger partial charge is 0.330 e. The Labute approximate surface area is 110 Å². The fourth-order valence-corrected chi connectivity index (χ4v) is 2.59. The van der Waals surface area contributed by atoms with E-state index in [1.54, 1.807) is 0 Å².